The third-order valence-corrected chi connectivity index (χ3v) is 6.55. The average molecular weight is 532 g/mol. The number of aromatic nitrogens is 1. The van der Waals surface area contributed by atoms with Gasteiger partial charge in [-0.25, -0.2) is 10.9 Å². The number of fused-ring (bicyclic) bond motifs is 2. The van der Waals surface area contributed by atoms with Crippen molar-refractivity contribution in [1.82, 2.24) is 20.2 Å². The van der Waals surface area contributed by atoms with Crippen molar-refractivity contribution in [2.45, 2.75) is 38.8 Å². The van der Waals surface area contributed by atoms with Gasteiger partial charge in [-0.2, -0.15) is 0 Å². The predicted octanol–water partition coefficient (Wildman–Crippen LogP) is 2.22. The Hall–Kier alpha value is -4.48. The third kappa shape index (κ3) is 5.84. The lowest BCUT2D eigenvalue weighted by atomic mass is 10.0. The number of carboxylic acid groups (broad SMARTS) is 1. The van der Waals surface area contributed by atoms with Gasteiger partial charge in [0.05, 0.1) is 22.7 Å². The summed E-state index contributed by atoms with van der Waals surface area (Å²) in [5.74, 6) is 1.92. The number of nitrogens with two attached hydrogens (primary N) is 1. The molecule has 1 aromatic heterocycles. The van der Waals surface area contributed by atoms with Crippen molar-refractivity contribution >= 4 is 40.4 Å². The molecule has 0 saturated carbocycles. The number of amides is 4. The zero-order valence-corrected chi connectivity index (χ0v) is 21.5. The third-order valence-electron chi connectivity index (χ3n) is 6.55. The van der Waals surface area contributed by atoms with Gasteiger partial charge < -0.3 is 5.11 Å². The first-order valence-corrected chi connectivity index (χ1v) is 12.5. The van der Waals surface area contributed by atoms with Gasteiger partial charge in [-0.1, -0.05) is 38.1 Å². The highest BCUT2D eigenvalue weighted by molar-refractivity contribution is 6.23. The molecule has 4 N–H and O–H groups in total. The molecule has 0 bridgehead atoms. The Bertz CT molecular complexity index is 1390. The summed E-state index contributed by atoms with van der Waals surface area (Å²) < 4.78 is 0. The quantitative estimate of drug-likeness (QED) is 0.154. The van der Waals surface area contributed by atoms with Crippen LogP contribution in [0.25, 0.3) is 10.8 Å². The van der Waals surface area contributed by atoms with Gasteiger partial charge in [0.25, 0.3) is 23.6 Å². The number of nitrogens with one attached hydrogen (secondary N) is 1. The van der Waals surface area contributed by atoms with E-state index in [0.29, 0.717) is 5.01 Å². The van der Waals surface area contributed by atoms with Crippen LogP contribution in [-0.2, 0) is 9.59 Å². The van der Waals surface area contributed by atoms with Gasteiger partial charge in [0.15, 0.2) is 0 Å². The van der Waals surface area contributed by atoms with Crippen LogP contribution >= 0.6 is 0 Å². The first kappa shape index (κ1) is 27.6. The van der Waals surface area contributed by atoms with E-state index in [-0.39, 0.29) is 42.0 Å². The van der Waals surface area contributed by atoms with Crippen molar-refractivity contribution in [3.05, 3.63) is 77.6 Å². The summed E-state index contributed by atoms with van der Waals surface area (Å²) in [5, 5.41) is 14.7. The summed E-state index contributed by atoms with van der Waals surface area (Å²) in [6, 6.07) is 11.2. The van der Waals surface area contributed by atoms with Gasteiger partial charge in [0.2, 0.25) is 0 Å². The van der Waals surface area contributed by atoms with Crippen molar-refractivity contribution in [3.8, 4) is 0 Å². The second kappa shape index (κ2) is 11.5. The van der Waals surface area contributed by atoms with Crippen LogP contribution in [0.5, 0.6) is 0 Å². The molecular formula is C28H29N5O6. The number of hydrazine groups is 1. The van der Waals surface area contributed by atoms with E-state index >= 15 is 0 Å². The maximum atomic E-state index is 13.2. The predicted molar refractivity (Wildman–Crippen MR) is 141 cm³/mol. The van der Waals surface area contributed by atoms with Crippen LogP contribution in [0.15, 0.2) is 60.9 Å². The summed E-state index contributed by atoms with van der Waals surface area (Å²) in [7, 11) is 0. The standard InChI is InChI=1S/C28H29N5O6/c1-16(2)12-23(27(37)33(29)24(34)19-8-5-10-30-15-19)31-22(28(38)39)9-11-32-25(35)20-13-17-6-3-4-7-18(17)14-21(20)26(32)36/h3-8,10,13-16,22-23,31H,9,11-12,29H2,1-2H3,(H,38,39)/t22?,23-/m1/s1. The molecule has 11 heteroatoms. The number of benzene rings is 2. The van der Waals surface area contributed by atoms with Crippen LogP contribution in [0.4, 0.5) is 0 Å². The fourth-order valence-corrected chi connectivity index (χ4v) is 4.57. The monoisotopic (exact) mass is 531 g/mol. The highest BCUT2D eigenvalue weighted by atomic mass is 16.4. The molecule has 202 valence electrons. The molecule has 1 unspecified atom stereocenters. The van der Waals surface area contributed by atoms with Gasteiger partial charge in [-0.15, -0.1) is 0 Å². The van der Waals surface area contributed by atoms with Gasteiger partial charge in [-0.05, 0) is 53.8 Å². The number of carbonyl (C=O) groups is 5. The highest BCUT2D eigenvalue weighted by Crippen LogP contribution is 2.28. The number of hydrogen-bond donors (Lipinski definition) is 3. The lowest BCUT2D eigenvalue weighted by Crippen LogP contribution is -2.56. The van der Waals surface area contributed by atoms with E-state index in [9.17, 15) is 29.1 Å². The van der Waals surface area contributed by atoms with E-state index in [1.165, 1.54) is 24.5 Å². The number of carboxylic acids is 1. The Morgan fingerprint density at radius 1 is 1.00 bits per heavy atom. The molecule has 11 nitrogen and oxygen atoms in total. The van der Waals surface area contributed by atoms with Crippen LogP contribution in [-0.4, -0.2) is 68.2 Å². The maximum absolute atomic E-state index is 13.2. The molecule has 1 aliphatic rings. The first-order valence-electron chi connectivity index (χ1n) is 12.5. The van der Waals surface area contributed by atoms with Crippen LogP contribution in [0, 0.1) is 5.92 Å². The topological polar surface area (TPSA) is 163 Å². The molecule has 0 radical (unpaired) electrons. The molecule has 4 amide bonds. The molecule has 1 aliphatic heterocycles. The van der Waals surface area contributed by atoms with Crippen LogP contribution in [0.3, 0.4) is 0 Å². The second-order valence-corrected chi connectivity index (χ2v) is 9.79. The Morgan fingerprint density at radius 3 is 2.13 bits per heavy atom. The minimum atomic E-state index is -1.30. The van der Waals surface area contributed by atoms with Crippen molar-refractivity contribution in [3.63, 3.8) is 0 Å². The molecule has 2 aromatic carbocycles. The Morgan fingerprint density at radius 2 is 1.62 bits per heavy atom. The van der Waals surface area contributed by atoms with Crippen LogP contribution in [0.1, 0.15) is 57.8 Å². The zero-order valence-electron chi connectivity index (χ0n) is 21.5. The van der Waals surface area contributed by atoms with Gasteiger partial charge >= 0.3 is 5.97 Å². The van der Waals surface area contributed by atoms with Crippen LogP contribution < -0.4 is 11.2 Å². The lowest BCUT2D eigenvalue weighted by Gasteiger charge is -2.27. The number of hydrogen-bond acceptors (Lipinski definition) is 8. The summed E-state index contributed by atoms with van der Waals surface area (Å²) in [6.45, 7) is 3.49. The van der Waals surface area contributed by atoms with Crippen molar-refractivity contribution in [2.24, 2.45) is 11.8 Å². The summed E-state index contributed by atoms with van der Waals surface area (Å²) >= 11 is 0. The molecular weight excluding hydrogens is 502 g/mol. The summed E-state index contributed by atoms with van der Waals surface area (Å²) in [6.07, 6.45) is 2.77. The highest BCUT2D eigenvalue weighted by Gasteiger charge is 2.37. The molecule has 0 aliphatic carbocycles. The smallest absolute Gasteiger partial charge is 0.320 e. The number of carbonyl (C=O) groups excluding carboxylic acids is 4. The molecule has 3 aromatic rings. The maximum Gasteiger partial charge on any atom is 0.320 e. The van der Waals surface area contributed by atoms with Gasteiger partial charge in [0.1, 0.15) is 6.04 Å². The van der Waals surface area contributed by atoms with Crippen LogP contribution in [0.2, 0.25) is 0 Å². The Balaban J connectivity index is 1.48. The molecule has 2 heterocycles. The van der Waals surface area contributed by atoms with E-state index in [2.05, 4.69) is 10.3 Å². The average Bonchev–Trinajstić information content (AvgIpc) is 3.16. The largest absolute Gasteiger partial charge is 0.480 e. The number of rotatable bonds is 10. The van der Waals surface area contributed by atoms with E-state index < -0.39 is 41.7 Å². The van der Waals surface area contributed by atoms with Crippen molar-refractivity contribution in [1.29, 1.82) is 0 Å². The fourth-order valence-electron chi connectivity index (χ4n) is 4.57. The van der Waals surface area contributed by atoms with Crippen molar-refractivity contribution < 1.29 is 29.1 Å². The van der Waals surface area contributed by atoms with E-state index in [4.69, 9.17) is 5.84 Å². The summed E-state index contributed by atoms with van der Waals surface area (Å²) in [5.41, 5.74) is 0.628. The second-order valence-electron chi connectivity index (χ2n) is 9.79. The van der Waals surface area contributed by atoms with Crippen molar-refractivity contribution in [2.75, 3.05) is 6.54 Å². The van der Waals surface area contributed by atoms with E-state index in [1.807, 2.05) is 38.1 Å². The minimum Gasteiger partial charge on any atom is -0.480 e. The lowest BCUT2D eigenvalue weighted by molar-refractivity contribution is -0.140. The molecule has 39 heavy (non-hydrogen) atoms. The summed E-state index contributed by atoms with van der Waals surface area (Å²) in [4.78, 5) is 68.9. The van der Waals surface area contributed by atoms with Gasteiger partial charge in [0, 0.05) is 18.9 Å². The van der Waals surface area contributed by atoms with Gasteiger partial charge in [-0.3, -0.25) is 39.2 Å². The number of aliphatic carboxylic acids is 1. The Labute approximate surface area is 224 Å². The van der Waals surface area contributed by atoms with E-state index in [0.717, 1.165) is 15.7 Å². The molecule has 2 atom stereocenters. The Kier molecular flexibility index (Phi) is 8.12. The molecule has 0 spiro atoms. The fraction of sp³-hybridized carbons (Fsp3) is 0.286. The number of imide groups is 2. The minimum absolute atomic E-state index is 0.0480. The number of nitrogens with zero attached hydrogens (tertiary/aromatic N) is 3. The van der Waals surface area contributed by atoms with E-state index in [1.54, 1.807) is 12.1 Å². The number of pyridine rings is 1. The normalized spacial score (nSPS) is 14.4. The zero-order chi connectivity index (χ0) is 28.3. The molecule has 4 rings (SSSR count). The molecule has 0 fully saturated rings. The SMILES string of the molecule is CC(C)C[C@@H](NC(CCN1C(=O)c2cc3ccccc3cc2C1=O)C(=O)O)C(=O)N(N)C(=O)c1cccnc1. The first-order chi connectivity index (χ1) is 18.6. The molecule has 0 saturated heterocycles.